The molecule has 3 rings (SSSR count). The summed E-state index contributed by atoms with van der Waals surface area (Å²) in [6.45, 7) is 1.96. The summed E-state index contributed by atoms with van der Waals surface area (Å²) in [6, 6.07) is 15.6. The van der Waals surface area contributed by atoms with E-state index in [9.17, 15) is 13.2 Å². The highest BCUT2D eigenvalue weighted by Crippen LogP contribution is 2.21. The average Bonchev–Trinajstić information content (AvgIpc) is 2.73. The number of likely N-dealkylation sites (tertiary alicyclic amines) is 1. The third-order valence-corrected chi connectivity index (χ3v) is 6.01. The van der Waals surface area contributed by atoms with E-state index in [-0.39, 0.29) is 10.8 Å². The van der Waals surface area contributed by atoms with Crippen molar-refractivity contribution in [2.75, 3.05) is 26.8 Å². The number of nitrogens with one attached hydrogen (secondary N) is 1. The number of carbonyl (C=O) groups excluding carboxylic acids is 1. The number of amides is 1. The highest BCUT2D eigenvalue weighted by atomic mass is 32.2. The lowest BCUT2D eigenvalue weighted by Gasteiger charge is -2.32. The SMILES string of the molecule is CONS(=O)(=O)c1ccc(C(=O)N2CCC(COc3ccccc3)CC2)cc1. The smallest absolute Gasteiger partial charge is 0.262 e. The number of nitrogens with zero attached hydrogens (tertiary/aromatic N) is 1. The highest BCUT2D eigenvalue weighted by molar-refractivity contribution is 7.89. The van der Waals surface area contributed by atoms with Gasteiger partial charge in [0.05, 0.1) is 18.6 Å². The second kappa shape index (κ2) is 9.18. The van der Waals surface area contributed by atoms with Crippen molar-refractivity contribution in [3.63, 3.8) is 0 Å². The monoisotopic (exact) mass is 404 g/mol. The van der Waals surface area contributed by atoms with Crippen LogP contribution in [0.4, 0.5) is 0 Å². The number of carbonyl (C=O) groups is 1. The van der Waals surface area contributed by atoms with Crippen LogP contribution in [0.15, 0.2) is 59.5 Å². The fourth-order valence-electron chi connectivity index (χ4n) is 3.15. The molecule has 0 radical (unpaired) electrons. The average molecular weight is 404 g/mol. The van der Waals surface area contributed by atoms with E-state index < -0.39 is 10.0 Å². The van der Waals surface area contributed by atoms with E-state index in [0.29, 0.717) is 31.2 Å². The largest absolute Gasteiger partial charge is 0.493 e. The zero-order valence-electron chi connectivity index (χ0n) is 15.7. The van der Waals surface area contributed by atoms with Crippen LogP contribution in [0.25, 0.3) is 0 Å². The number of ether oxygens (including phenoxy) is 1. The summed E-state index contributed by atoms with van der Waals surface area (Å²) in [6.07, 6.45) is 1.76. The van der Waals surface area contributed by atoms with Gasteiger partial charge < -0.3 is 9.64 Å². The second-order valence-corrected chi connectivity index (χ2v) is 8.32. The Labute approximate surface area is 165 Å². The molecule has 0 unspecified atom stereocenters. The molecule has 0 bridgehead atoms. The summed E-state index contributed by atoms with van der Waals surface area (Å²) >= 11 is 0. The Morgan fingerprint density at radius 2 is 1.71 bits per heavy atom. The predicted octanol–water partition coefficient (Wildman–Crippen LogP) is 2.46. The molecule has 1 aliphatic heterocycles. The van der Waals surface area contributed by atoms with Gasteiger partial charge in [-0.05, 0) is 55.2 Å². The first-order chi connectivity index (χ1) is 13.5. The molecule has 2 aromatic carbocycles. The van der Waals surface area contributed by atoms with Crippen molar-refractivity contribution in [2.45, 2.75) is 17.7 Å². The van der Waals surface area contributed by atoms with Crippen LogP contribution in [0.5, 0.6) is 5.75 Å². The van der Waals surface area contributed by atoms with Crippen LogP contribution in [0.3, 0.4) is 0 Å². The fourth-order valence-corrected chi connectivity index (χ4v) is 3.96. The number of hydrogen-bond donors (Lipinski definition) is 1. The molecule has 0 saturated carbocycles. The lowest BCUT2D eigenvalue weighted by molar-refractivity contribution is 0.0661. The minimum absolute atomic E-state index is 0.0441. The van der Waals surface area contributed by atoms with Crippen LogP contribution in [-0.4, -0.2) is 46.0 Å². The predicted molar refractivity (Wildman–Crippen MR) is 104 cm³/mol. The molecule has 1 N–H and O–H groups in total. The molecule has 8 heteroatoms. The maximum Gasteiger partial charge on any atom is 0.262 e. The van der Waals surface area contributed by atoms with Crippen molar-refractivity contribution in [3.8, 4) is 5.75 Å². The van der Waals surface area contributed by atoms with Gasteiger partial charge >= 0.3 is 0 Å². The third-order valence-electron chi connectivity index (χ3n) is 4.74. The Morgan fingerprint density at radius 1 is 1.07 bits per heavy atom. The lowest BCUT2D eigenvalue weighted by Crippen LogP contribution is -2.39. The number of para-hydroxylation sites is 1. The van der Waals surface area contributed by atoms with E-state index in [1.165, 1.54) is 31.4 Å². The maximum atomic E-state index is 12.7. The molecule has 1 saturated heterocycles. The van der Waals surface area contributed by atoms with E-state index in [1.54, 1.807) is 4.90 Å². The van der Waals surface area contributed by atoms with Crippen LogP contribution >= 0.6 is 0 Å². The Kier molecular flexibility index (Phi) is 6.66. The first-order valence-electron chi connectivity index (χ1n) is 9.11. The van der Waals surface area contributed by atoms with E-state index in [4.69, 9.17) is 4.74 Å². The summed E-state index contributed by atoms with van der Waals surface area (Å²) < 4.78 is 29.6. The highest BCUT2D eigenvalue weighted by Gasteiger charge is 2.24. The van der Waals surface area contributed by atoms with Crippen molar-refractivity contribution in [3.05, 3.63) is 60.2 Å². The van der Waals surface area contributed by atoms with Crippen molar-refractivity contribution in [1.29, 1.82) is 0 Å². The Balaban J connectivity index is 1.52. The summed E-state index contributed by atoms with van der Waals surface area (Å²) in [5.41, 5.74) is 0.468. The van der Waals surface area contributed by atoms with Gasteiger partial charge in [-0.15, -0.1) is 0 Å². The number of hydrogen-bond acceptors (Lipinski definition) is 5. The Bertz CT molecular complexity index is 877. The summed E-state index contributed by atoms with van der Waals surface area (Å²) in [5.74, 6) is 1.18. The summed E-state index contributed by atoms with van der Waals surface area (Å²) in [5, 5.41) is 0. The first kappa shape index (κ1) is 20.3. The Morgan fingerprint density at radius 3 is 2.32 bits per heavy atom. The van der Waals surface area contributed by atoms with Crippen LogP contribution in [0, 0.1) is 5.92 Å². The van der Waals surface area contributed by atoms with Gasteiger partial charge in [-0.1, -0.05) is 23.1 Å². The standard InChI is InChI=1S/C20H24N2O5S/c1-26-21-28(24,25)19-9-7-17(8-10-19)20(23)22-13-11-16(12-14-22)15-27-18-5-3-2-4-6-18/h2-10,16,21H,11-15H2,1H3. The van der Waals surface area contributed by atoms with Gasteiger partial charge in [0, 0.05) is 18.7 Å². The van der Waals surface area contributed by atoms with Crippen LogP contribution in [-0.2, 0) is 14.9 Å². The van der Waals surface area contributed by atoms with Gasteiger partial charge in [-0.2, -0.15) is 0 Å². The van der Waals surface area contributed by atoms with E-state index in [0.717, 1.165) is 18.6 Å². The van der Waals surface area contributed by atoms with Crippen molar-refractivity contribution < 1.29 is 22.8 Å². The molecule has 1 aliphatic rings. The molecule has 2 aromatic rings. The number of benzene rings is 2. The quantitative estimate of drug-likeness (QED) is 0.717. The maximum absolute atomic E-state index is 12.7. The van der Waals surface area contributed by atoms with Gasteiger partial charge in [0.15, 0.2) is 0 Å². The molecule has 0 aromatic heterocycles. The fraction of sp³-hybridized carbons (Fsp3) is 0.350. The normalized spacial score (nSPS) is 15.4. The number of sulfonamides is 1. The minimum atomic E-state index is -3.73. The molecule has 0 aliphatic carbocycles. The molecule has 0 atom stereocenters. The zero-order chi connectivity index (χ0) is 20.0. The molecule has 1 heterocycles. The van der Waals surface area contributed by atoms with Crippen LogP contribution in [0.1, 0.15) is 23.2 Å². The minimum Gasteiger partial charge on any atom is -0.493 e. The molecule has 1 amide bonds. The summed E-state index contributed by atoms with van der Waals surface area (Å²) in [7, 11) is -2.50. The molecule has 28 heavy (non-hydrogen) atoms. The molecule has 7 nitrogen and oxygen atoms in total. The van der Waals surface area contributed by atoms with Crippen molar-refractivity contribution >= 4 is 15.9 Å². The third kappa shape index (κ3) is 5.09. The van der Waals surface area contributed by atoms with Crippen LogP contribution in [0.2, 0.25) is 0 Å². The first-order valence-corrected chi connectivity index (χ1v) is 10.6. The summed E-state index contributed by atoms with van der Waals surface area (Å²) in [4.78, 5) is 20.9. The van der Waals surface area contributed by atoms with Crippen molar-refractivity contribution in [2.24, 2.45) is 5.92 Å². The second-order valence-electron chi connectivity index (χ2n) is 6.67. The van der Waals surface area contributed by atoms with Gasteiger partial charge in [0.25, 0.3) is 15.9 Å². The van der Waals surface area contributed by atoms with Crippen LogP contribution < -0.4 is 9.62 Å². The molecule has 1 fully saturated rings. The topological polar surface area (TPSA) is 84.9 Å². The van der Waals surface area contributed by atoms with Gasteiger partial charge in [-0.3, -0.25) is 9.63 Å². The molecule has 150 valence electrons. The van der Waals surface area contributed by atoms with Gasteiger partial charge in [0.1, 0.15) is 5.75 Å². The molecular formula is C20H24N2O5S. The van der Waals surface area contributed by atoms with Crippen molar-refractivity contribution in [1.82, 2.24) is 9.79 Å². The lowest BCUT2D eigenvalue weighted by atomic mass is 9.97. The van der Waals surface area contributed by atoms with E-state index in [2.05, 4.69) is 4.84 Å². The zero-order valence-corrected chi connectivity index (χ0v) is 16.5. The number of piperidine rings is 1. The number of rotatable bonds is 7. The molecule has 0 spiro atoms. The van der Waals surface area contributed by atoms with E-state index in [1.807, 2.05) is 35.2 Å². The van der Waals surface area contributed by atoms with Gasteiger partial charge in [-0.25, -0.2) is 8.42 Å². The van der Waals surface area contributed by atoms with E-state index >= 15 is 0 Å². The molecular weight excluding hydrogens is 380 g/mol. The Hall–Kier alpha value is -2.42. The van der Waals surface area contributed by atoms with Gasteiger partial charge in [0.2, 0.25) is 0 Å².